The number of rotatable bonds is 3. The molecule has 0 bridgehead atoms. The summed E-state index contributed by atoms with van der Waals surface area (Å²) >= 11 is 0. The lowest BCUT2D eigenvalue weighted by atomic mass is 10.1. The van der Waals surface area contributed by atoms with E-state index in [0.717, 1.165) is 17.6 Å². The summed E-state index contributed by atoms with van der Waals surface area (Å²) in [6.07, 6.45) is 5.10. The monoisotopic (exact) mass is 268 g/mol. The van der Waals surface area contributed by atoms with Crippen molar-refractivity contribution in [1.29, 1.82) is 0 Å². The summed E-state index contributed by atoms with van der Waals surface area (Å²) in [4.78, 5) is 11.9. The standard InChI is InChI=1S/C17H20N2O/c20-17(18-12-13-5-1-2-6-13)19-16-10-9-14-7-3-4-8-15(14)11-16/h3-4,7-11,13H,1-2,5-6,12H2,(H2,18,19,20). The first-order valence-electron chi connectivity index (χ1n) is 7.35. The number of nitrogens with one attached hydrogen (secondary N) is 2. The largest absolute Gasteiger partial charge is 0.338 e. The molecular weight excluding hydrogens is 248 g/mol. The van der Waals surface area contributed by atoms with Gasteiger partial charge in [0.15, 0.2) is 0 Å². The van der Waals surface area contributed by atoms with Crippen LogP contribution < -0.4 is 10.6 Å². The summed E-state index contributed by atoms with van der Waals surface area (Å²) in [5.41, 5.74) is 0.840. The number of fused-ring (bicyclic) bond motifs is 1. The lowest BCUT2D eigenvalue weighted by molar-refractivity contribution is 0.250. The minimum absolute atomic E-state index is 0.104. The molecule has 0 heterocycles. The van der Waals surface area contributed by atoms with Crippen LogP contribution in [0.3, 0.4) is 0 Å². The molecule has 0 spiro atoms. The van der Waals surface area contributed by atoms with Gasteiger partial charge in [-0.05, 0) is 41.7 Å². The lowest BCUT2D eigenvalue weighted by Gasteiger charge is -2.12. The number of carbonyl (C=O) groups excluding carboxylic acids is 1. The van der Waals surface area contributed by atoms with E-state index in [2.05, 4.69) is 22.8 Å². The molecule has 1 saturated carbocycles. The molecule has 3 rings (SSSR count). The first kappa shape index (κ1) is 13.0. The molecule has 104 valence electrons. The molecule has 1 aliphatic rings. The molecule has 1 fully saturated rings. The predicted octanol–water partition coefficient (Wildman–Crippen LogP) is 4.15. The fourth-order valence-electron chi connectivity index (χ4n) is 2.89. The van der Waals surface area contributed by atoms with Gasteiger partial charge in [-0.15, -0.1) is 0 Å². The van der Waals surface area contributed by atoms with Gasteiger partial charge in [0.2, 0.25) is 0 Å². The third-order valence-electron chi connectivity index (χ3n) is 4.03. The van der Waals surface area contributed by atoms with Crippen molar-refractivity contribution in [3.63, 3.8) is 0 Å². The van der Waals surface area contributed by atoms with Crippen LogP contribution in [-0.2, 0) is 0 Å². The Morgan fingerprint density at radius 2 is 1.80 bits per heavy atom. The second-order valence-corrected chi connectivity index (χ2v) is 5.55. The van der Waals surface area contributed by atoms with Crippen LogP contribution in [0.5, 0.6) is 0 Å². The Labute approximate surface area is 119 Å². The maximum atomic E-state index is 11.9. The first-order valence-corrected chi connectivity index (χ1v) is 7.35. The molecule has 20 heavy (non-hydrogen) atoms. The topological polar surface area (TPSA) is 41.1 Å². The zero-order chi connectivity index (χ0) is 13.8. The predicted molar refractivity (Wildman–Crippen MR) is 82.9 cm³/mol. The quantitative estimate of drug-likeness (QED) is 0.862. The summed E-state index contributed by atoms with van der Waals surface area (Å²) in [6.45, 7) is 0.791. The van der Waals surface area contributed by atoms with Crippen molar-refractivity contribution in [3.05, 3.63) is 42.5 Å². The minimum atomic E-state index is -0.104. The molecule has 3 nitrogen and oxygen atoms in total. The average molecular weight is 268 g/mol. The highest BCUT2D eigenvalue weighted by Crippen LogP contribution is 2.23. The van der Waals surface area contributed by atoms with Crippen molar-refractivity contribution in [1.82, 2.24) is 5.32 Å². The number of benzene rings is 2. The van der Waals surface area contributed by atoms with Crippen molar-refractivity contribution < 1.29 is 4.79 Å². The number of urea groups is 1. The fraction of sp³-hybridized carbons (Fsp3) is 0.353. The zero-order valence-corrected chi connectivity index (χ0v) is 11.6. The van der Waals surface area contributed by atoms with Gasteiger partial charge in [0, 0.05) is 12.2 Å². The normalized spacial score (nSPS) is 15.4. The molecule has 3 heteroatoms. The molecule has 2 amide bonds. The third-order valence-corrected chi connectivity index (χ3v) is 4.03. The Morgan fingerprint density at radius 3 is 2.60 bits per heavy atom. The number of hydrogen-bond donors (Lipinski definition) is 2. The second-order valence-electron chi connectivity index (χ2n) is 5.55. The van der Waals surface area contributed by atoms with Crippen molar-refractivity contribution in [2.45, 2.75) is 25.7 Å². The van der Waals surface area contributed by atoms with E-state index in [1.54, 1.807) is 0 Å². The van der Waals surface area contributed by atoms with Crippen molar-refractivity contribution in [2.75, 3.05) is 11.9 Å². The van der Waals surface area contributed by atoms with Crippen molar-refractivity contribution in [2.24, 2.45) is 5.92 Å². The molecule has 0 radical (unpaired) electrons. The van der Waals surface area contributed by atoms with Gasteiger partial charge in [-0.3, -0.25) is 0 Å². The maximum Gasteiger partial charge on any atom is 0.319 e. The Bertz CT molecular complexity index is 603. The Morgan fingerprint density at radius 1 is 1.05 bits per heavy atom. The van der Waals surface area contributed by atoms with Crippen LogP contribution in [0.1, 0.15) is 25.7 Å². The van der Waals surface area contributed by atoms with Crippen molar-refractivity contribution in [3.8, 4) is 0 Å². The molecule has 0 aromatic heterocycles. The van der Waals surface area contributed by atoms with Crippen LogP contribution in [0.15, 0.2) is 42.5 Å². The summed E-state index contributed by atoms with van der Waals surface area (Å²) in [6, 6.07) is 14.0. The van der Waals surface area contributed by atoms with Gasteiger partial charge in [-0.2, -0.15) is 0 Å². The summed E-state index contributed by atoms with van der Waals surface area (Å²) in [5.74, 6) is 0.664. The Balaban J connectivity index is 1.59. The number of hydrogen-bond acceptors (Lipinski definition) is 1. The van der Waals surface area contributed by atoms with E-state index in [1.165, 1.54) is 31.1 Å². The van der Waals surface area contributed by atoms with Gasteiger partial charge in [-0.25, -0.2) is 4.79 Å². The van der Waals surface area contributed by atoms with E-state index in [0.29, 0.717) is 5.92 Å². The van der Waals surface area contributed by atoms with Crippen LogP contribution in [-0.4, -0.2) is 12.6 Å². The van der Waals surface area contributed by atoms with Gasteiger partial charge in [0.25, 0.3) is 0 Å². The highest BCUT2D eigenvalue weighted by Gasteiger charge is 2.15. The van der Waals surface area contributed by atoms with Crippen LogP contribution >= 0.6 is 0 Å². The van der Waals surface area contributed by atoms with Crippen molar-refractivity contribution >= 4 is 22.5 Å². The fourth-order valence-corrected chi connectivity index (χ4v) is 2.89. The SMILES string of the molecule is O=C(NCC1CCCC1)Nc1ccc2ccccc2c1. The molecule has 2 aromatic rings. The van der Waals surface area contributed by atoms with E-state index in [9.17, 15) is 4.79 Å². The van der Waals surface area contributed by atoms with Crippen LogP contribution in [0.2, 0.25) is 0 Å². The highest BCUT2D eigenvalue weighted by molar-refractivity contribution is 5.93. The Hall–Kier alpha value is -2.03. The van der Waals surface area contributed by atoms with Gasteiger partial charge in [0.1, 0.15) is 0 Å². The molecule has 0 atom stereocenters. The van der Waals surface area contributed by atoms with Crippen LogP contribution in [0.4, 0.5) is 10.5 Å². The van der Waals surface area contributed by atoms with E-state index in [4.69, 9.17) is 0 Å². The van der Waals surface area contributed by atoms with Gasteiger partial charge < -0.3 is 10.6 Å². The molecule has 0 unspecified atom stereocenters. The minimum Gasteiger partial charge on any atom is -0.338 e. The lowest BCUT2D eigenvalue weighted by Crippen LogP contribution is -2.32. The van der Waals surface area contributed by atoms with E-state index in [1.807, 2.05) is 30.3 Å². The average Bonchev–Trinajstić information content (AvgIpc) is 2.98. The maximum absolute atomic E-state index is 11.9. The summed E-state index contributed by atoms with van der Waals surface area (Å²) in [5, 5.41) is 8.20. The molecule has 0 saturated heterocycles. The van der Waals surface area contributed by atoms with E-state index in [-0.39, 0.29) is 6.03 Å². The number of amides is 2. The van der Waals surface area contributed by atoms with Crippen LogP contribution in [0.25, 0.3) is 10.8 Å². The smallest absolute Gasteiger partial charge is 0.319 e. The molecule has 2 N–H and O–H groups in total. The zero-order valence-electron chi connectivity index (χ0n) is 11.6. The van der Waals surface area contributed by atoms with E-state index >= 15 is 0 Å². The molecule has 1 aliphatic carbocycles. The van der Waals surface area contributed by atoms with Gasteiger partial charge in [0.05, 0.1) is 0 Å². The molecule has 2 aromatic carbocycles. The van der Waals surface area contributed by atoms with Gasteiger partial charge >= 0.3 is 6.03 Å². The van der Waals surface area contributed by atoms with Crippen LogP contribution in [0, 0.1) is 5.92 Å². The summed E-state index contributed by atoms with van der Waals surface area (Å²) < 4.78 is 0. The Kier molecular flexibility index (Phi) is 3.86. The third kappa shape index (κ3) is 3.10. The number of anilines is 1. The molecular formula is C17H20N2O. The number of carbonyl (C=O) groups is 1. The van der Waals surface area contributed by atoms with E-state index < -0.39 is 0 Å². The molecule has 0 aliphatic heterocycles. The first-order chi connectivity index (χ1) is 9.81. The van der Waals surface area contributed by atoms with Gasteiger partial charge in [-0.1, -0.05) is 43.2 Å². The summed E-state index contributed by atoms with van der Waals surface area (Å²) in [7, 11) is 0. The highest BCUT2D eigenvalue weighted by atomic mass is 16.2. The second kappa shape index (κ2) is 5.95.